The monoisotopic (exact) mass is 390 g/mol. The first kappa shape index (κ1) is 18.9. The second-order valence-corrected chi connectivity index (χ2v) is 12.4. The van der Waals surface area contributed by atoms with E-state index < -0.39 is 19.9 Å². The van der Waals surface area contributed by atoms with Crippen LogP contribution in [0.3, 0.4) is 0 Å². The van der Waals surface area contributed by atoms with E-state index in [4.69, 9.17) is 14.6 Å². The minimum Gasteiger partial charge on any atom is -0.477 e. The van der Waals surface area contributed by atoms with Gasteiger partial charge in [-0.2, -0.15) is 0 Å². The first-order chi connectivity index (χ1) is 10.2. The number of benzene rings is 1. The molecule has 0 fully saturated rings. The van der Waals surface area contributed by atoms with Gasteiger partial charge in [0.15, 0.2) is 18.4 Å². The van der Waals surface area contributed by atoms with Gasteiger partial charge in [-0.15, -0.1) is 0 Å². The molecule has 122 valence electrons. The van der Waals surface area contributed by atoms with Gasteiger partial charge in [0.25, 0.3) is 0 Å². The Morgan fingerprint density at radius 3 is 2.64 bits per heavy atom. The highest BCUT2D eigenvalue weighted by Gasteiger charge is 2.12. The van der Waals surface area contributed by atoms with E-state index in [1.807, 2.05) is 0 Å². The SMILES string of the molecule is C[Si](C)(C)CCOCOc1ccc(/C=C(\Br)C(=O)O)cc1F. The number of hydrogen-bond acceptors (Lipinski definition) is 3. The molecular weight excluding hydrogens is 371 g/mol. The molecule has 22 heavy (non-hydrogen) atoms. The van der Waals surface area contributed by atoms with Crippen molar-refractivity contribution in [3.8, 4) is 5.75 Å². The van der Waals surface area contributed by atoms with Gasteiger partial charge >= 0.3 is 5.97 Å². The molecule has 1 aromatic carbocycles. The van der Waals surface area contributed by atoms with Gasteiger partial charge in [0.05, 0.1) is 0 Å². The molecule has 0 amide bonds. The molecule has 0 aliphatic rings. The van der Waals surface area contributed by atoms with Gasteiger partial charge in [0.2, 0.25) is 0 Å². The van der Waals surface area contributed by atoms with E-state index in [2.05, 4.69) is 35.6 Å². The van der Waals surface area contributed by atoms with Crippen LogP contribution in [0, 0.1) is 5.82 Å². The van der Waals surface area contributed by atoms with Crippen LogP contribution in [0.25, 0.3) is 6.08 Å². The van der Waals surface area contributed by atoms with Crippen molar-refractivity contribution in [2.75, 3.05) is 13.4 Å². The molecule has 0 aliphatic heterocycles. The molecule has 0 aromatic heterocycles. The standard InChI is InChI=1S/C15H20BrFO4Si/c1-22(2,3)7-6-20-10-21-14-5-4-11(9-13(14)17)8-12(16)15(18)19/h4-5,8-9H,6-7,10H2,1-3H3,(H,18,19)/b12-8-. The number of carboxylic acid groups (broad SMARTS) is 1. The van der Waals surface area contributed by atoms with Gasteiger partial charge in [-0.3, -0.25) is 0 Å². The summed E-state index contributed by atoms with van der Waals surface area (Å²) in [6, 6.07) is 5.25. The van der Waals surface area contributed by atoms with Gasteiger partial charge in [-0.05, 0) is 45.7 Å². The van der Waals surface area contributed by atoms with E-state index in [0.717, 1.165) is 6.04 Å². The van der Waals surface area contributed by atoms with Crippen molar-refractivity contribution >= 4 is 36.0 Å². The predicted molar refractivity (Wildman–Crippen MR) is 90.5 cm³/mol. The minimum absolute atomic E-state index is 0.00456. The van der Waals surface area contributed by atoms with Gasteiger partial charge in [0.1, 0.15) is 4.48 Å². The number of rotatable bonds is 8. The Labute approximate surface area is 139 Å². The van der Waals surface area contributed by atoms with Gasteiger partial charge < -0.3 is 14.6 Å². The summed E-state index contributed by atoms with van der Waals surface area (Å²) in [5.41, 5.74) is 0.429. The Morgan fingerprint density at radius 2 is 2.09 bits per heavy atom. The van der Waals surface area contributed by atoms with Crippen LogP contribution in [0.5, 0.6) is 5.75 Å². The molecule has 0 unspecified atom stereocenters. The topological polar surface area (TPSA) is 55.8 Å². The maximum atomic E-state index is 13.8. The minimum atomic E-state index is -1.14. The van der Waals surface area contributed by atoms with Gasteiger partial charge in [0, 0.05) is 14.7 Å². The molecule has 0 bridgehead atoms. The third kappa shape index (κ3) is 7.19. The lowest BCUT2D eigenvalue weighted by Gasteiger charge is -2.15. The average molecular weight is 391 g/mol. The van der Waals surface area contributed by atoms with Crippen molar-refractivity contribution < 1.29 is 23.8 Å². The van der Waals surface area contributed by atoms with Crippen LogP contribution in [0.15, 0.2) is 22.7 Å². The molecule has 7 heteroatoms. The number of aliphatic carboxylic acids is 1. The fourth-order valence-corrected chi connectivity index (χ4v) is 2.50. The van der Waals surface area contributed by atoms with E-state index in [1.165, 1.54) is 18.2 Å². The summed E-state index contributed by atoms with van der Waals surface area (Å²) in [7, 11) is -1.14. The Balaban J connectivity index is 2.53. The third-order valence-corrected chi connectivity index (χ3v) is 5.02. The Kier molecular flexibility index (Phi) is 7.25. The van der Waals surface area contributed by atoms with Crippen molar-refractivity contribution in [2.24, 2.45) is 0 Å². The number of halogens is 2. The van der Waals surface area contributed by atoms with E-state index in [9.17, 15) is 9.18 Å². The van der Waals surface area contributed by atoms with Crippen molar-refractivity contribution in [1.29, 1.82) is 0 Å². The summed E-state index contributed by atoms with van der Waals surface area (Å²) < 4.78 is 24.4. The van der Waals surface area contributed by atoms with Crippen LogP contribution in [0.2, 0.25) is 25.7 Å². The fraction of sp³-hybridized carbons (Fsp3) is 0.400. The Morgan fingerprint density at radius 1 is 1.41 bits per heavy atom. The highest BCUT2D eigenvalue weighted by atomic mass is 79.9. The molecule has 0 heterocycles. The fourth-order valence-electron chi connectivity index (χ4n) is 1.47. The van der Waals surface area contributed by atoms with Crippen LogP contribution in [0.1, 0.15) is 5.56 Å². The zero-order chi connectivity index (χ0) is 16.8. The molecule has 1 aromatic rings. The average Bonchev–Trinajstić information content (AvgIpc) is 2.39. The molecule has 0 aliphatic carbocycles. The molecule has 0 saturated carbocycles. The molecule has 0 spiro atoms. The second-order valence-electron chi connectivity index (χ2n) is 5.97. The summed E-state index contributed by atoms with van der Waals surface area (Å²) in [6.07, 6.45) is 1.32. The molecular formula is C15H20BrFO4Si. The quantitative estimate of drug-likeness (QED) is 0.310. The van der Waals surface area contributed by atoms with Crippen LogP contribution in [-0.2, 0) is 9.53 Å². The van der Waals surface area contributed by atoms with E-state index >= 15 is 0 Å². The molecule has 1 rings (SSSR count). The number of hydrogen-bond donors (Lipinski definition) is 1. The molecule has 0 saturated heterocycles. The largest absolute Gasteiger partial charge is 0.477 e. The van der Waals surface area contributed by atoms with Gasteiger partial charge in [-0.25, -0.2) is 9.18 Å². The van der Waals surface area contributed by atoms with Crippen molar-refractivity contribution in [2.45, 2.75) is 25.7 Å². The summed E-state index contributed by atoms with van der Waals surface area (Å²) in [6.45, 7) is 7.34. The Bertz CT molecular complexity index is 555. The normalized spacial score (nSPS) is 12.3. The third-order valence-electron chi connectivity index (χ3n) is 2.75. The molecule has 0 radical (unpaired) electrons. The predicted octanol–water partition coefficient (Wildman–Crippen LogP) is 4.34. The summed E-state index contributed by atoms with van der Waals surface area (Å²) in [4.78, 5) is 10.7. The smallest absolute Gasteiger partial charge is 0.342 e. The maximum Gasteiger partial charge on any atom is 0.342 e. The highest BCUT2D eigenvalue weighted by molar-refractivity contribution is 9.12. The van der Waals surface area contributed by atoms with Crippen molar-refractivity contribution in [3.05, 3.63) is 34.1 Å². The molecule has 1 N–H and O–H groups in total. The van der Waals surface area contributed by atoms with Crippen LogP contribution < -0.4 is 4.74 Å². The van der Waals surface area contributed by atoms with Crippen molar-refractivity contribution in [1.82, 2.24) is 0 Å². The Hall–Kier alpha value is -1.18. The summed E-state index contributed by atoms with van der Waals surface area (Å²) in [5, 5.41) is 8.74. The lowest BCUT2D eigenvalue weighted by molar-refractivity contribution is -0.131. The number of carbonyl (C=O) groups is 1. The lowest BCUT2D eigenvalue weighted by atomic mass is 10.2. The van der Waals surface area contributed by atoms with E-state index in [1.54, 1.807) is 6.07 Å². The zero-order valence-corrected chi connectivity index (χ0v) is 15.4. The van der Waals surface area contributed by atoms with E-state index in [0.29, 0.717) is 12.2 Å². The van der Waals surface area contributed by atoms with E-state index in [-0.39, 0.29) is 17.0 Å². The number of carboxylic acids is 1. The highest BCUT2D eigenvalue weighted by Crippen LogP contribution is 2.21. The lowest BCUT2D eigenvalue weighted by Crippen LogP contribution is -2.22. The maximum absolute atomic E-state index is 13.8. The van der Waals surface area contributed by atoms with Gasteiger partial charge in [-0.1, -0.05) is 25.7 Å². The first-order valence-electron chi connectivity index (χ1n) is 6.79. The van der Waals surface area contributed by atoms with Crippen molar-refractivity contribution in [3.63, 3.8) is 0 Å². The zero-order valence-electron chi connectivity index (χ0n) is 12.9. The van der Waals surface area contributed by atoms with Crippen LogP contribution >= 0.6 is 15.9 Å². The summed E-state index contributed by atoms with van der Waals surface area (Å²) >= 11 is 2.89. The second kappa shape index (κ2) is 8.45. The van der Waals surface area contributed by atoms with Crippen LogP contribution in [0.4, 0.5) is 4.39 Å². The first-order valence-corrected chi connectivity index (χ1v) is 11.3. The number of ether oxygens (including phenoxy) is 2. The molecule has 4 nitrogen and oxygen atoms in total. The van der Waals surface area contributed by atoms with Crippen LogP contribution in [-0.4, -0.2) is 32.5 Å². The summed E-state index contributed by atoms with van der Waals surface area (Å²) in [5.74, 6) is -1.60. The molecule has 0 atom stereocenters.